The third kappa shape index (κ3) is 2.95. The van der Waals surface area contributed by atoms with E-state index in [9.17, 15) is 4.79 Å². The summed E-state index contributed by atoms with van der Waals surface area (Å²) >= 11 is 0. The van der Waals surface area contributed by atoms with Crippen LogP contribution in [0.25, 0.3) is 0 Å². The van der Waals surface area contributed by atoms with Crippen molar-refractivity contribution >= 4 is 11.9 Å². The molecule has 0 aliphatic carbocycles. The second kappa shape index (κ2) is 5.77. The first-order chi connectivity index (χ1) is 8.70. The highest BCUT2D eigenvalue weighted by molar-refractivity contribution is 5.77. The van der Waals surface area contributed by atoms with Gasteiger partial charge in [-0.3, -0.25) is 4.79 Å². The molecule has 1 fully saturated rings. The molecule has 0 aromatic carbocycles. The first-order valence-corrected chi connectivity index (χ1v) is 6.06. The van der Waals surface area contributed by atoms with Gasteiger partial charge in [0.1, 0.15) is 6.61 Å². The zero-order valence-electron chi connectivity index (χ0n) is 10.5. The quantitative estimate of drug-likeness (QED) is 0.840. The Bertz CT molecular complexity index is 424. The molecule has 1 aromatic rings. The number of rotatable bonds is 3. The number of ether oxygens (including phenoxy) is 1. The van der Waals surface area contributed by atoms with E-state index in [1.54, 1.807) is 6.20 Å². The molecule has 2 rings (SSSR count). The number of hydrogen-bond donors (Lipinski definition) is 1. The molecule has 18 heavy (non-hydrogen) atoms. The molecule has 1 atom stereocenters. The lowest BCUT2D eigenvalue weighted by atomic mass is 9.94. The molecule has 1 saturated heterocycles. The number of carbonyl (C=O) groups is 1. The van der Waals surface area contributed by atoms with Crippen molar-refractivity contribution in [3.05, 3.63) is 18.0 Å². The standard InChI is InChI=1S/C12H18N4O2/c1-18-8-11(17)16-6-2-3-9(7-16)10-4-5-14-12(13)15-10/h4-5,9H,2-3,6-8H2,1H3,(H2,13,14,15). The van der Waals surface area contributed by atoms with Crippen molar-refractivity contribution in [2.75, 3.05) is 32.5 Å². The second-order valence-corrected chi connectivity index (χ2v) is 4.45. The predicted molar refractivity (Wildman–Crippen MR) is 66.9 cm³/mol. The molecule has 98 valence electrons. The normalized spacial score (nSPS) is 19.8. The Balaban J connectivity index is 2.04. The van der Waals surface area contributed by atoms with Gasteiger partial charge in [0.25, 0.3) is 0 Å². The van der Waals surface area contributed by atoms with E-state index in [4.69, 9.17) is 10.5 Å². The van der Waals surface area contributed by atoms with Crippen molar-refractivity contribution in [2.24, 2.45) is 0 Å². The maximum atomic E-state index is 11.8. The lowest BCUT2D eigenvalue weighted by Crippen LogP contribution is -2.41. The number of likely N-dealkylation sites (tertiary alicyclic amines) is 1. The molecule has 1 aliphatic rings. The lowest BCUT2D eigenvalue weighted by molar-refractivity contribution is -0.136. The third-order valence-electron chi connectivity index (χ3n) is 3.16. The highest BCUT2D eigenvalue weighted by Crippen LogP contribution is 2.25. The number of anilines is 1. The van der Waals surface area contributed by atoms with Gasteiger partial charge in [-0.1, -0.05) is 0 Å². The third-order valence-corrected chi connectivity index (χ3v) is 3.16. The molecule has 1 aliphatic heterocycles. The molecule has 6 nitrogen and oxygen atoms in total. The molecule has 1 unspecified atom stereocenters. The fourth-order valence-electron chi connectivity index (χ4n) is 2.28. The minimum Gasteiger partial charge on any atom is -0.375 e. The molecule has 1 amide bonds. The average Bonchev–Trinajstić information content (AvgIpc) is 2.39. The Morgan fingerprint density at radius 3 is 3.22 bits per heavy atom. The summed E-state index contributed by atoms with van der Waals surface area (Å²) in [7, 11) is 1.53. The number of nitrogens with zero attached hydrogens (tertiary/aromatic N) is 3. The van der Waals surface area contributed by atoms with Gasteiger partial charge in [0.05, 0.1) is 5.69 Å². The van der Waals surface area contributed by atoms with Gasteiger partial charge in [0.15, 0.2) is 0 Å². The number of nitrogens with two attached hydrogens (primary N) is 1. The van der Waals surface area contributed by atoms with Crippen LogP contribution in [0.1, 0.15) is 24.5 Å². The van der Waals surface area contributed by atoms with Crippen LogP contribution in [-0.2, 0) is 9.53 Å². The van der Waals surface area contributed by atoms with Crippen LogP contribution in [0, 0.1) is 0 Å². The fourth-order valence-corrected chi connectivity index (χ4v) is 2.28. The van der Waals surface area contributed by atoms with Crippen LogP contribution in [0.15, 0.2) is 12.3 Å². The molecule has 1 aromatic heterocycles. The van der Waals surface area contributed by atoms with E-state index in [2.05, 4.69) is 9.97 Å². The largest absolute Gasteiger partial charge is 0.375 e. The Morgan fingerprint density at radius 2 is 2.50 bits per heavy atom. The molecular formula is C12H18N4O2. The minimum atomic E-state index is 0.0317. The highest BCUT2D eigenvalue weighted by Gasteiger charge is 2.25. The number of nitrogen functional groups attached to an aromatic ring is 1. The predicted octanol–water partition coefficient (Wildman–Crippen LogP) is 0.411. The summed E-state index contributed by atoms with van der Waals surface area (Å²) in [5, 5.41) is 0. The number of carbonyl (C=O) groups excluding carboxylic acids is 1. The topological polar surface area (TPSA) is 81.3 Å². The zero-order valence-corrected chi connectivity index (χ0v) is 10.5. The Labute approximate surface area is 106 Å². The number of methoxy groups -OCH3 is 1. The Morgan fingerprint density at radius 1 is 1.67 bits per heavy atom. The van der Waals surface area contributed by atoms with Gasteiger partial charge in [0.2, 0.25) is 11.9 Å². The van der Waals surface area contributed by atoms with Gasteiger partial charge < -0.3 is 15.4 Å². The van der Waals surface area contributed by atoms with Gasteiger partial charge in [-0.15, -0.1) is 0 Å². The van der Waals surface area contributed by atoms with Crippen LogP contribution in [0.3, 0.4) is 0 Å². The van der Waals surface area contributed by atoms with E-state index < -0.39 is 0 Å². The number of aromatic nitrogens is 2. The van der Waals surface area contributed by atoms with Crippen LogP contribution < -0.4 is 5.73 Å². The maximum absolute atomic E-state index is 11.8. The molecule has 2 heterocycles. The monoisotopic (exact) mass is 250 g/mol. The Hall–Kier alpha value is -1.69. The number of amides is 1. The van der Waals surface area contributed by atoms with Gasteiger partial charge in [-0.05, 0) is 18.9 Å². The van der Waals surface area contributed by atoms with Crippen molar-refractivity contribution in [3.8, 4) is 0 Å². The Kier molecular flexibility index (Phi) is 4.09. The van der Waals surface area contributed by atoms with Gasteiger partial charge >= 0.3 is 0 Å². The first kappa shape index (κ1) is 12.8. The fraction of sp³-hybridized carbons (Fsp3) is 0.583. The van der Waals surface area contributed by atoms with Gasteiger partial charge in [0, 0.05) is 32.3 Å². The summed E-state index contributed by atoms with van der Waals surface area (Å²) in [5.41, 5.74) is 6.50. The van der Waals surface area contributed by atoms with E-state index in [1.807, 2.05) is 11.0 Å². The molecule has 0 bridgehead atoms. The van der Waals surface area contributed by atoms with Crippen LogP contribution >= 0.6 is 0 Å². The lowest BCUT2D eigenvalue weighted by Gasteiger charge is -2.32. The second-order valence-electron chi connectivity index (χ2n) is 4.45. The van der Waals surface area contributed by atoms with E-state index in [1.165, 1.54) is 7.11 Å². The number of piperidine rings is 1. The van der Waals surface area contributed by atoms with Crippen LogP contribution in [0.2, 0.25) is 0 Å². The first-order valence-electron chi connectivity index (χ1n) is 6.06. The maximum Gasteiger partial charge on any atom is 0.248 e. The summed E-state index contributed by atoms with van der Waals surface area (Å²) in [6.07, 6.45) is 3.66. The van der Waals surface area contributed by atoms with Crippen molar-refractivity contribution in [3.63, 3.8) is 0 Å². The summed E-state index contributed by atoms with van der Waals surface area (Å²) < 4.78 is 4.88. The molecule has 0 saturated carbocycles. The van der Waals surface area contributed by atoms with Crippen molar-refractivity contribution < 1.29 is 9.53 Å². The SMILES string of the molecule is COCC(=O)N1CCCC(c2ccnc(N)n2)C1. The molecule has 2 N–H and O–H groups in total. The van der Waals surface area contributed by atoms with E-state index in [-0.39, 0.29) is 24.4 Å². The summed E-state index contributed by atoms with van der Waals surface area (Å²) in [5.74, 6) is 0.557. The minimum absolute atomic E-state index is 0.0317. The van der Waals surface area contributed by atoms with Crippen molar-refractivity contribution in [1.29, 1.82) is 0 Å². The van der Waals surface area contributed by atoms with E-state index in [0.29, 0.717) is 6.54 Å². The summed E-state index contributed by atoms with van der Waals surface area (Å²) in [4.78, 5) is 21.7. The molecular weight excluding hydrogens is 232 g/mol. The van der Waals surface area contributed by atoms with Gasteiger partial charge in [-0.25, -0.2) is 9.97 Å². The highest BCUT2D eigenvalue weighted by atomic mass is 16.5. The van der Waals surface area contributed by atoms with Crippen molar-refractivity contribution in [1.82, 2.24) is 14.9 Å². The van der Waals surface area contributed by atoms with Crippen LogP contribution in [0.4, 0.5) is 5.95 Å². The van der Waals surface area contributed by atoms with E-state index in [0.717, 1.165) is 25.1 Å². The summed E-state index contributed by atoms with van der Waals surface area (Å²) in [6.45, 7) is 1.61. The molecule has 0 radical (unpaired) electrons. The van der Waals surface area contributed by atoms with Crippen LogP contribution in [0.5, 0.6) is 0 Å². The summed E-state index contributed by atoms with van der Waals surface area (Å²) in [6, 6.07) is 1.87. The average molecular weight is 250 g/mol. The van der Waals surface area contributed by atoms with Crippen molar-refractivity contribution in [2.45, 2.75) is 18.8 Å². The molecule has 6 heteroatoms. The smallest absolute Gasteiger partial charge is 0.248 e. The van der Waals surface area contributed by atoms with E-state index >= 15 is 0 Å². The van der Waals surface area contributed by atoms with Crippen LogP contribution in [-0.4, -0.2) is 47.6 Å². The number of hydrogen-bond acceptors (Lipinski definition) is 5. The molecule has 0 spiro atoms. The zero-order chi connectivity index (χ0) is 13.0. The van der Waals surface area contributed by atoms with Gasteiger partial charge in [-0.2, -0.15) is 0 Å².